The molecule has 2 aromatic rings. The molecule has 21 heavy (non-hydrogen) atoms. The average molecular weight is 284 g/mol. The summed E-state index contributed by atoms with van der Waals surface area (Å²) in [6.07, 6.45) is 6.75. The summed E-state index contributed by atoms with van der Waals surface area (Å²) >= 11 is 0. The van der Waals surface area contributed by atoms with Crippen LogP contribution in [0.3, 0.4) is 0 Å². The van der Waals surface area contributed by atoms with Gasteiger partial charge >= 0.3 is 0 Å². The zero-order chi connectivity index (χ0) is 14.1. The third-order valence-electron chi connectivity index (χ3n) is 4.74. The van der Waals surface area contributed by atoms with Crippen LogP contribution >= 0.6 is 0 Å². The highest BCUT2D eigenvalue weighted by Crippen LogP contribution is 2.24. The Morgan fingerprint density at radius 3 is 2.90 bits per heavy atom. The Morgan fingerprint density at radius 2 is 2.10 bits per heavy atom. The fraction of sp³-hybridized carbons (Fsp3) is 0.556. The van der Waals surface area contributed by atoms with E-state index in [1.54, 1.807) is 0 Å². The van der Waals surface area contributed by atoms with Crippen molar-refractivity contribution < 1.29 is 4.74 Å². The van der Waals surface area contributed by atoms with Crippen LogP contribution in [0.1, 0.15) is 37.8 Å². The van der Waals surface area contributed by atoms with E-state index in [-0.39, 0.29) is 0 Å². The number of benzene rings is 1. The van der Waals surface area contributed by atoms with E-state index in [4.69, 9.17) is 4.74 Å². The zero-order valence-corrected chi connectivity index (χ0v) is 12.6. The fourth-order valence-corrected chi connectivity index (χ4v) is 3.36. The second-order valence-corrected chi connectivity index (χ2v) is 6.43. The third-order valence-corrected chi connectivity index (χ3v) is 4.74. The van der Waals surface area contributed by atoms with E-state index in [9.17, 15) is 0 Å². The predicted molar refractivity (Wildman–Crippen MR) is 85.4 cm³/mol. The van der Waals surface area contributed by atoms with Gasteiger partial charge in [0.05, 0.1) is 6.10 Å². The van der Waals surface area contributed by atoms with E-state index in [0.717, 1.165) is 32.2 Å². The maximum absolute atomic E-state index is 5.78. The SMILES string of the molecule is c1ccc2c(c1)cc(CNC1CC1)n2CCC1CCCO1. The number of aromatic nitrogens is 1. The molecule has 1 aromatic heterocycles. The molecule has 3 nitrogen and oxygen atoms in total. The lowest BCUT2D eigenvalue weighted by Gasteiger charge is -2.14. The normalized spacial score (nSPS) is 22.2. The molecular weight excluding hydrogens is 260 g/mol. The largest absolute Gasteiger partial charge is 0.378 e. The first-order valence-corrected chi connectivity index (χ1v) is 8.32. The minimum atomic E-state index is 0.468. The summed E-state index contributed by atoms with van der Waals surface area (Å²) in [5, 5.41) is 5.01. The number of fused-ring (bicyclic) bond motifs is 1. The number of nitrogens with zero attached hydrogens (tertiary/aromatic N) is 1. The Bertz CT molecular complexity index is 609. The highest BCUT2D eigenvalue weighted by Gasteiger charge is 2.21. The number of rotatable bonds is 6. The van der Waals surface area contributed by atoms with Crippen LogP contribution in [0.2, 0.25) is 0 Å². The molecular formula is C18H24N2O. The Kier molecular flexibility index (Phi) is 3.70. The minimum absolute atomic E-state index is 0.468. The van der Waals surface area contributed by atoms with Crippen molar-refractivity contribution in [3.63, 3.8) is 0 Å². The molecule has 2 fully saturated rings. The molecule has 0 bridgehead atoms. The number of para-hydroxylation sites is 1. The molecule has 112 valence electrons. The quantitative estimate of drug-likeness (QED) is 0.879. The Hall–Kier alpha value is -1.32. The summed E-state index contributed by atoms with van der Waals surface area (Å²) in [7, 11) is 0. The fourth-order valence-electron chi connectivity index (χ4n) is 3.36. The molecule has 1 unspecified atom stereocenters. The van der Waals surface area contributed by atoms with Crippen molar-refractivity contribution in [3.05, 3.63) is 36.0 Å². The van der Waals surface area contributed by atoms with Gasteiger partial charge in [0.2, 0.25) is 0 Å². The third kappa shape index (κ3) is 2.99. The molecule has 1 saturated heterocycles. The van der Waals surface area contributed by atoms with Gasteiger partial charge in [-0.15, -0.1) is 0 Å². The van der Waals surface area contributed by atoms with Crippen LogP contribution in [0.25, 0.3) is 10.9 Å². The maximum atomic E-state index is 5.78. The van der Waals surface area contributed by atoms with Crippen LogP contribution in [-0.4, -0.2) is 23.3 Å². The maximum Gasteiger partial charge on any atom is 0.0593 e. The van der Waals surface area contributed by atoms with Crippen LogP contribution in [0, 0.1) is 0 Å². The molecule has 2 heterocycles. The van der Waals surface area contributed by atoms with Gasteiger partial charge in [-0.25, -0.2) is 0 Å². The van der Waals surface area contributed by atoms with E-state index in [2.05, 4.69) is 40.2 Å². The highest BCUT2D eigenvalue weighted by molar-refractivity contribution is 5.81. The summed E-state index contributed by atoms with van der Waals surface area (Å²) in [6, 6.07) is 11.8. The van der Waals surface area contributed by atoms with Gasteiger partial charge in [-0.1, -0.05) is 18.2 Å². The molecule has 2 aliphatic rings. The van der Waals surface area contributed by atoms with Gasteiger partial charge in [0.25, 0.3) is 0 Å². The summed E-state index contributed by atoms with van der Waals surface area (Å²) in [6.45, 7) is 3.01. The molecule has 3 heteroatoms. The van der Waals surface area contributed by atoms with E-state index in [1.807, 2.05) is 0 Å². The van der Waals surface area contributed by atoms with Crippen LogP contribution in [0.15, 0.2) is 30.3 Å². The van der Waals surface area contributed by atoms with Crippen molar-refractivity contribution in [1.29, 1.82) is 0 Å². The summed E-state index contributed by atoms with van der Waals surface area (Å²) in [5.74, 6) is 0. The second-order valence-electron chi connectivity index (χ2n) is 6.43. The molecule has 1 aromatic carbocycles. The van der Waals surface area contributed by atoms with E-state index in [1.165, 1.54) is 42.3 Å². The van der Waals surface area contributed by atoms with E-state index >= 15 is 0 Å². The lowest BCUT2D eigenvalue weighted by Crippen LogP contribution is -2.19. The molecule has 1 atom stereocenters. The average Bonchev–Trinajstić information content (AvgIpc) is 3.07. The molecule has 0 radical (unpaired) electrons. The first kappa shape index (κ1) is 13.4. The van der Waals surface area contributed by atoms with Gasteiger partial charge in [-0.2, -0.15) is 0 Å². The van der Waals surface area contributed by atoms with Gasteiger partial charge in [-0.05, 0) is 49.6 Å². The van der Waals surface area contributed by atoms with Gasteiger partial charge in [0, 0.05) is 36.9 Å². The van der Waals surface area contributed by atoms with Crippen molar-refractivity contribution in [2.45, 2.75) is 57.3 Å². The Labute approximate surface area is 126 Å². The lowest BCUT2D eigenvalue weighted by molar-refractivity contribution is 0.100. The Balaban J connectivity index is 1.54. The lowest BCUT2D eigenvalue weighted by atomic mass is 10.2. The number of nitrogens with one attached hydrogen (secondary N) is 1. The number of hydrogen-bond acceptors (Lipinski definition) is 2. The summed E-state index contributed by atoms with van der Waals surface area (Å²) in [5.41, 5.74) is 2.78. The molecule has 4 rings (SSSR count). The van der Waals surface area contributed by atoms with E-state index < -0.39 is 0 Å². The van der Waals surface area contributed by atoms with Crippen LogP contribution < -0.4 is 5.32 Å². The topological polar surface area (TPSA) is 26.2 Å². The molecule has 1 aliphatic carbocycles. The van der Waals surface area contributed by atoms with Gasteiger partial charge in [0.1, 0.15) is 0 Å². The van der Waals surface area contributed by atoms with Crippen molar-refractivity contribution in [3.8, 4) is 0 Å². The molecule has 1 N–H and O–H groups in total. The first-order valence-electron chi connectivity index (χ1n) is 8.32. The molecule has 0 amide bonds. The van der Waals surface area contributed by atoms with Crippen molar-refractivity contribution >= 4 is 10.9 Å². The van der Waals surface area contributed by atoms with Crippen molar-refractivity contribution in [2.75, 3.05) is 6.61 Å². The van der Waals surface area contributed by atoms with Crippen LogP contribution in [0.4, 0.5) is 0 Å². The second kappa shape index (κ2) is 5.82. The smallest absolute Gasteiger partial charge is 0.0593 e. The predicted octanol–water partition coefficient (Wildman–Crippen LogP) is 3.46. The Morgan fingerprint density at radius 1 is 1.19 bits per heavy atom. The summed E-state index contributed by atoms with van der Waals surface area (Å²) in [4.78, 5) is 0. The number of aryl methyl sites for hydroxylation is 1. The number of hydrogen-bond donors (Lipinski definition) is 1. The van der Waals surface area contributed by atoms with Crippen LogP contribution in [-0.2, 0) is 17.8 Å². The number of ether oxygens (including phenoxy) is 1. The molecule has 1 aliphatic heterocycles. The van der Waals surface area contributed by atoms with Crippen molar-refractivity contribution in [2.24, 2.45) is 0 Å². The van der Waals surface area contributed by atoms with Gasteiger partial charge in [0.15, 0.2) is 0 Å². The van der Waals surface area contributed by atoms with Gasteiger partial charge in [-0.3, -0.25) is 0 Å². The summed E-state index contributed by atoms with van der Waals surface area (Å²) < 4.78 is 8.27. The standard InChI is InChI=1S/C18H24N2O/c1-2-6-18-14(4-1)12-16(13-19-15-7-8-15)20(18)10-9-17-5-3-11-21-17/h1-2,4,6,12,15,17,19H,3,5,7-11,13H2. The molecule has 1 saturated carbocycles. The van der Waals surface area contributed by atoms with Crippen molar-refractivity contribution in [1.82, 2.24) is 9.88 Å². The van der Waals surface area contributed by atoms with E-state index in [0.29, 0.717) is 6.10 Å². The highest BCUT2D eigenvalue weighted by atomic mass is 16.5. The van der Waals surface area contributed by atoms with Gasteiger partial charge < -0.3 is 14.6 Å². The van der Waals surface area contributed by atoms with Crippen LogP contribution in [0.5, 0.6) is 0 Å². The minimum Gasteiger partial charge on any atom is -0.378 e. The monoisotopic (exact) mass is 284 g/mol. The molecule has 0 spiro atoms. The zero-order valence-electron chi connectivity index (χ0n) is 12.6. The first-order chi connectivity index (χ1) is 10.4.